The Morgan fingerprint density at radius 1 is 0.964 bits per heavy atom. The average Bonchev–Trinajstić information content (AvgIpc) is 2.74. The van der Waals surface area contributed by atoms with E-state index in [-0.39, 0.29) is 11.9 Å². The topological polar surface area (TPSA) is 59.1 Å². The quantitative estimate of drug-likeness (QED) is 0.719. The molecular formula is C22H26N2O4. The number of nitrogens with zero attached hydrogens (tertiary/aromatic N) is 2. The van der Waals surface area contributed by atoms with Crippen LogP contribution in [-0.4, -0.2) is 56.7 Å². The van der Waals surface area contributed by atoms with Crippen molar-refractivity contribution in [3.05, 3.63) is 59.7 Å². The third kappa shape index (κ3) is 4.63. The monoisotopic (exact) mass is 382 g/mol. The fraction of sp³-hybridized carbons (Fsp3) is 0.364. The second-order valence-corrected chi connectivity index (χ2v) is 6.63. The van der Waals surface area contributed by atoms with Crippen molar-refractivity contribution in [2.24, 2.45) is 0 Å². The number of carbonyl (C=O) groups is 2. The van der Waals surface area contributed by atoms with Crippen LogP contribution in [0.2, 0.25) is 0 Å². The van der Waals surface area contributed by atoms with E-state index >= 15 is 0 Å². The third-order valence-electron chi connectivity index (χ3n) is 4.89. The zero-order valence-electron chi connectivity index (χ0n) is 16.4. The molecule has 148 valence electrons. The molecule has 6 nitrogen and oxygen atoms in total. The van der Waals surface area contributed by atoms with E-state index in [1.54, 1.807) is 20.1 Å². The zero-order valence-corrected chi connectivity index (χ0v) is 16.4. The van der Waals surface area contributed by atoms with Gasteiger partial charge in [0.25, 0.3) is 0 Å². The van der Waals surface area contributed by atoms with Crippen LogP contribution in [0.4, 0.5) is 5.69 Å². The maximum absolute atomic E-state index is 12.6. The van der Waals surface area contributed by atoms with E-state index in [2.05, 4.69) is 4.90 Å². The molecule has 2 aromatic carbocycles. The van der Waals surface area contributed by atoms with Gasteiger partial charge in [0.2, 0.25) is 5.91 Å². The summed E-state index contributed by atoms with van der Waals surface area (Å²) in [6.07, 6.45) is 0.378. The molecule has 0 atom stereocenters. The molecule has 0 N–H and O–H groups in total. The number of esters is 1. The standard InChI is InChI=1S/C22H26N2O4/c1-3-28-22(26)19-6-4-5-7-20(19)23-12-14-24(15-13-23)21(25)16-17-8-10-18(27-2)11-9-17/h4-11H,3,12-16H2,1-2H3. The molecule has 0 spiro atoms. The predicted molar refractivity (Wildman–Crippen MR) is 108 cm³/mol. The minimum atomic E-state index is -0.309. The first-order valence-electron chi connectivity index (χ1n) is 9.54. The van der Waals surface area contributed by atoms with Crippen LogP contribution in [-0.2, 0) is 16.0 Å². The van der Waals surface area contributed by atoms with Gasteiger partial charge in [-0.05, 0) is 36.8 Å². The van der Waals surface area contributed by atoms with Crippen LogP contribution in [0.15, 0.2) is 48.5 Å². The van der Waals surface area contributed by atoms with Gasteiger partial charge in [-0.2, -0.15) is 0 Å². The third-order valence-corrected chi connectivity index (χ3v) is 4.89. The first kappa shape index (κ1) is 19.7. The fourth-order valence-electron chi connectivity index (χ4n) is 3.36. The van der Waals surface area contributed by atoms with Gasteiger partial charge in [0.15, 0.2) is 0 Å². The molecule has 2 aromatic rings. The van der Waals surface area contributed by atoms with Crippen molar-refractivity contribution in [2.75, 3.05) is 44.8 Å². The normalized spacial score (nSPS) is 13.9. The van der Waals surface area contributed by atoms with Crippen molar-refractivity contribution in [1.82, 2.24) is 4.90 Å². The summed E-state index contributed by atoms with van der Waals surface area (Å²) in [4.78, 5) is 28.9. The van der Waals surface area contributed by atoms with E-state index < -0.39 is 0 Å². The van der Waals surface area contributed by atoms with E-state index in [1.807, 2.05) is 47.4 Å². The highest BCUT2D eigenvalue weighted by Crippen LogP contribution is 2.23. The molecule has 0 bridgehead atoms. The van der Waals surface area contributed by atoms with Crippen LogP contribution in [0.5, 0.6) is 5.75 Å². The van der Waals surface area contributed by atoms with Gasteiger partial charge < -0.3 is 19.3 Å². The summed E-state index contributed by atoms with van der Waals surface area (Å²) in [6, 6.07) is 15.0. The lowest BCUT2D eigenvalue weighted by Crippen LogP contribution is -2.49. The van der Waals surface area contributed by atoms with Crippen LogP contribution in [0.25, 0.3) is 0 Å². The number of carbonyl (C=O) groups excluding carboxylic acids is 2. The number of hydrogen-bond donors (Lipinski definition) is 0. The van der Waals surface area contributed by atoms with Crippen molar-refractivity contribution >= 4 is 17.6 Å². The van der Waals surface area contributed by atoms with Crippen molar-refractivity contribution < 1.29 is 19.1 Å². The van der Waals surface area contributed by atoms with Gasteiger partial charge in [0.05, 0.1) is 31.4 Å². The summed E-state index contributed by atoms with van der Waals surface area (Å²) in [5, 5.41) is 0. The first-order chi connectivity index (χ1) is 13.6. The second kappa shape index (κ2) is 9.26. The van der Waals surface area contributed by atoms with E-state index in [4.69, 9.17) is 9.47 Å². The maximum Gasteiger partial charge on any atom is 0.340 e. The SMILES string of the molecule is CCOC(=O)c1ccccc1N1CCN(C(=O)Cc2ccc(OC)cc2)CC1. The maximum atomic E-state index is 12.6. The number of benzene rings is 2. The lowest BCUT2D eigenvalue weighted by Gasteiger charge is -2.36. The molecule has 0 aromatic heterocycles. The molecule has 6 heteroatoms. The molecular weight excluding hydrogens is 356 g/mol. The molecule has 1 aliphatic rings. The molecule has 28 heavy (non-hydrogen) atoms. The van der Waals surface area contributed by atoms with Crippen LogP contribution >= 0.6 is 0 Å². The molecule has 1 fully saturated rings. The van der Waals surface area contributed by atoms with E-state index in [9.17, 15) is 9.59 Å². The van der Waals surface area contributed by atoms with E-state index in [0.29, 0.717) is 44.8 Å². The second-order valence-electron chi connectivity index (χ2n) is 6.63. The Morgan fingerprint density at radius 3 is 2.29 bits per heavy atom. The Balaban J connectivity index is 1.60. The van der Waals surface area contributed by atoms with Crippen molar-refractivity contribution in [3.63, 3.8) is 0 Å². The molecule has 0 unspecified atom stereocenters. The van der Waals surface area contributed by atoms with Gasteiger partial charge in [0, 0.05) is 26.2 Å². The minimum absolute atomic E-state index is 0.114. The Hall–Kier alpha value is -3.02. The molecule has 1 aliphatic heterocycles. The van der Waals surface area contributed by atoms with E-state index in [1.165, 1.54) is 0 Å². The van der Waals surface area contributed by atoms with Gasteiger partial charge in [-0.1, -0.05) is 24.3 Å². The van der Waals surface area contributed by atoms with E-state index in [0.717, 1.165) is 17.0 Å². The van der Waals surface area contributed by atoms with Crippen LogP contribution in [0.3, 0.4) is 0 Å². The summed E-state index contributed by atoms with van der Waals surface area (Å²) in [5.74, 6) is 0.588. The summed E-state index contributed by atoms with van der Waals surface area (Å²) >= 11 is 0. The van der Waals surface area contributed by atoms with Crippen LogP contribution in [0, 0.1) is 0 Å². The number of para-hydroxylation sites is 1. The van der Waals surface area contributed by atoms with Gasteiger partial charge in [0.1, 0.15) is 5.75 Å². The number of hydrogen-bond acceptors (Lipinski definition) is 5. The highest BCUT2D eigenvalue weighted by Gasteiger charge is 2.24. The number of methoxy groups -OCH3 is 1. The number of anilines is 1. The zero-order chi connectivity index (χ0) is 19.9. The highest BCUT2D eigenvalue weighted by atomic mass is 16.5. The van der Waals surface area contributed by atoms with Crippen LogP contribution in [0.1, 0.15) is 22.8 Å². The Labute approximate surface area is 165 Å². The summed E-state index contributed by atoms with van der Waals surface area (Å²) < 4.78 is 10.3. The Bertz CT molecular complexity index is 812. The van der Waals surface area contributed by atoms with Crippen molar-refractivity contribution in [3.8, 4) is 5.75 Å². The van der Waals surface area contributed by atoms with Crippen molar-refractivity contribution in [2.45, 2.75) is 13.3 Å². The lowest BCUT2D eigenvalue weighted by atomic mass is 10.1. The summed E-state index contributed by atoms with van der Waals surface area (Å²) in [5.41, 5.74) is 2.41. The van der Waals surface area contributed by atoms with Gasteiger partial charge in [-0.15, -0.1) is 0 Å². The van der Waals surface area contributed by atoms with Gasteiger partial charge in [-0.3, -0.25) is 4.79 Å². The highest BCUT2D eigenvalue weighted by molar-refractivity contribution is 5.96. The van der Waals surface area contributed by atoms with Crippen LogP contribution < -0.4 is 9.64 Å². The molecule has 0 aliphatic carbocycles. The minimum Gasteiger partial charge on any atom is -0.497 e. The van der Waals surface area contributed by atoms with Crippen molar-refractivity contribution in [1.29, 1.82) is 0 Å². The average molecular weight is 382 g/mol. The molecule has 0 radical (unpaired) electrons. The number of rotatable bonds is 6. The smallest absolute Gasteiger partial charge is 0.340 e. The summed E-state index contributed by atoms with van der Waals surface area (Å²) in [6.45, 7) is 4.78. The number of amides is 1. The molecule has 1 saturated heterocycles. The lowest BCUT2D eigenvalue weighted by molar-refractivity contribution is -0.130. The predicted octanol–water partition coefficient (Wildman–Crippen LogP) is 2.76. The molecule has 3 rings (SSSR count). The number of ether oxygens (including phenoxy) is 2. The summed E-state index contributed by atoms with van der Waals surface area (Å²) in [7, 11) is 1.62. The Kier molecular flexibility index (Phi) is 6.53. The fourth-order valence-corrected chi connectivity index (χ4v) is 3.36. The van der Waals surface area contributed by atoms with Gasteiger partial charge in [-0.25, -0.2) is 4.79 Å². The first-order valence-corrected chi connectivity index (χ1v) is 9.54. The van der Waals surface area contributed by atoms with Gasteiger partial charge >= 0.3 is 5.97 Å². The molecule has 1 amide bonds. The molecule has 1 heterocycles. The number of piperazine rings is 1. The largest absolute Gasteiger partial charge is 0.497 e. The Morgan fingerprint density at radius 2 is 1.64 bits per heavy atom. The molecule has 0 saturated carbocycles.